The molecule has 2 amide bonds. The van der Waals surface area contributed by atoms with E-state index in [4.69, 9.17) is 11.6 Å². The highest BCUT2D eigenvalue weighted by molar-refractivity contribution is 6.31. The van der Waals surface area contributed by atoms with Gasteiger partial charge in [-0.15, -0.1) is 0 Å². The van der Waals surface area contributed by atoms with Crippen LogP contribution in [0.4, 0.5) is 17.1 Å². The SMILES string of the molecule is Cc1c(Cl)cccc1NC(=O)C(C)Nc1ccc(N2CCCC2=O)cc1. The summed E-state index contributed by atoms with van der Waals surface area (Å²) in [4.78, 5) is 26.0. The van der Waals surface area contributed by atoms with E-state index in [2.05, 4.69) is 10.6 Å². The van der Waals surface area contributed by atoms with Crippen molar-refractivity contribution in [1.29, 1.82) is 0 Å². The Bertz CT molecular complexity index is 820. The van der Waals surface area contributed by atoms with Crippen LogP contribution < -0.4 is 15.5 Å². The number of nitrogens with zero attached hydrogens (tertiary/aromatic N) is 1. The zero-order valence-corrected chi connectivity index (χ0v) is 15.6. The molecule has 1 aliphatic rings. The lowest BCUT2D eigenvalue weighted by molar-refractivity contribution is -0.117. The Kier molecular flexibility index (Phi) is 5.47. The first-order valence-corrected chi connectivity index (χ1v) is 9.06. The normalized spacial score (nSPS) is 15.0. The van der Waals surface area contributed by atoms with E-state index in [1.165, 1.54) is 0 Å². The molecule has 0 spiro atoms. The molecule has 136 valence electrons. The lowest BCUT2D eigenvalue weighted by Gasteiger charge is -2.19. The van der Waals surface area contributed by atoms with Gasteiger partial charge in [-0.2, -0.15) is 0 Å². The van der Waals surface area contributed by atoms with Crippen molar-refractivity contribution in [2.24, 2.45) is 0 Å². The minimum absolute atomic E-state index is 0.144. The first-order valence-electron chi connectivity index (χ1n) is 8.68. The molecule has 2 aromatic carbocycles. The van der Waals surface area contributed by atoms with E-state index in [0.717, 1.165) is 29.9 Å². The summed E-state index contributed by atoms with van der Waals surface area (Å²) in [5, 5.41) is 6.69. The fraction of sp³-hybridized carbons (Fsp3) is 0.300. The molecule has 1 aliphatic heterocycles. The second kappa shape index (κ2) is 7.79. The summed E-state index contributed by atoms with van der Waals surface area (Å²) in [6, 6.07) is 12.6. The Hall–Kier alpha value is -2.53. The second-order valence-corrected chi connectivity index (χ2v) is 6.87. The van der Waals surface area contributed by atoms with Crippen LogP contribution in [0.5, 0.6) is 0 Å². The summed E-state index contributed by atoms with van der Waals surface area (Å²) in [5.41, 5.74) is 3.27. The van der Waals surface area contributed by atoms with Crippen molar-refractivity contribution in [1.82, 2.24) is 0 Å². The molecule has 6 heteroatoms. The molecule has 2 aromatic rings. The highest BCUT2D eigenvalue weighted by atomic mass is 35.5. The van der Waals surface area contributed by atoms with E-state index >= 15 is 0 Å². The highest BCUT2D eigenvalue weighted by Crippen LogP contribution is 2.25. The molecule has 1 atom stereocenters. The minimum atomic E-state index is -0.423. The van der Waals surface area contributed by atoms with Crippen molar-refractivity contribution in [2.45, 2.75) is 32.7 Å². The number of hydrogen-bond donors (Lipinski definition) is 2. The molecule has 5 nitrogen and oxygen atoms in total. The van der Waals surface area contributed by atoms with Crippen LogP contribution in [0.2, 0.25) is 5.02 Å². The van der Waals surface area contributed by atoms with Crippen LogP contribution in [0.15, 0.2) is 42.5 Å². The number of amides is 2. The number of carbonyl (C=O) groups excluding carboxylic acids is 2. The van der Waals surface area contributed by atoms with Gasteiger partial charge in [0.15, 0.2) is 0 Å². The molecule has 3 rings (SSSR count). The van der Waals surface area contributed by atoms with E-state index in [1.807, 2.05) is 37.3 Å². The van der Waals surface area contributed by atoms with Crippen molar-refractivity contribution < 1.29 is 9.59 Å². The Balaban J connectivity index is 1.62. The maximum atomic E-state index is 12.4. The van der Waals surface area contributed by atoms with E-state index in [0.29, 0.717) is 17.1 Å². The lowest BCUT2D eigenvalue weighted by atomic mass is 10.2. The average molecular weight is 372 g/mol. The van der Waals surface area contributed by atoms with Crippen LogP contribution in [0.3, 0.4) is 0 Å². The average Bonchev–Trinajstić information content (AvgIpc) is 3.05. The quantitative estimate of drug-likeness (QED) is 0.827. The topological polar surface area (TPSA) is 61.4 Å². The van der Waals surface area contributed by atoms with Crippen LogP contribution in [0, 0.1) is 6.92 Å². The molecule has 0 saturated carbocycles. The number of nitrogens with one attached hydrogen (secondary N) is 2. The molecule has 0 aliphatic carbocycles. The van der Waals surface area contributed by atoms with Gasteiger partial charge < -0.3 is 15.5 Å². The molecule has 0 aromatic heterocycles. The van der Waals surface area contributed by atoms with Gasteiger partial charge in [0.2, 0.25) is 11.8 Å². The van der Waals surface area contributed by atoms with E-state index in [-0.39, 0.29) is 11.8 Å². The van der Waals surface area contributed by atoms with Gasteiger partial charge in [-0.25, -0.2) is 0 Å². The Morgan fingerprint density at radius 1 is 1.19 bits per heavy atom. The van der Waals surface area contributed by atoms with Crippen LogP contribution in [-0.4, -0.2) is 24.4 Å². The molecular weight excluding hydrogens is 350 g/mol. The third-order valence-corrected chi connectivity index (χ3v) is 4.96. The van der Waals surface area contributed by atoms with Crippen LogP contribution in [0.1, 0.15) is 25.3 Å². The van der Waals surface area contributed by atoms with E-state index in [9.17, 15) is 9.59 Å². The fourth-order valence-electron chi connectivity index (χ4n) is 2.96. The molecule has 26 heavy (non-hydrogen) atoms. The summed E-state index contributed by atoms with van der Waals surface area (Å²) < 4.78 is 0. The van der Waals surface area contributed by atoms with Gasteiger partial charge in [-0.3, -0.25) is 9.59 Å². The fourth-order valence-corrected chi connectivity index (χ4v) is 3.13. The van der Waals surface area contributed by atoms with Crippen molar-refractivity contribution >= 4 is 40.5 Å². The van der Waals surface area contributed by atoms with Crippen LogP contribution in [-0.2, 0) is 9.59 Å². The first kappa shape index (κ1) is 18.3. The van der Waals surface area contributed by atoms with E-state index < -0.39 is 6.04 Å². The van der Waals surface area contributed by atoms with Crippen molar-refractivity contribution in [3.8, 4) is 0 Å². The van der Waals surface area contributed by atoms with Gasteiger partial charge in [-0.1, -0.05) is 17.7 Å². The Morgan fingerprint density at radius 3 is 2.58 bits per heavy atom. The lowest BCUT2D eigenvalue weighted by Crippen LogP contribution is -2.32. The monoisotopic (exact) mass is 371 g/mol. The summed E-state index contributed by atoms with van der Waals surface area (Å²) in [5.74, 6) is 0.0181. The Morgan fingerprint density at radius 2 is 1.92 bits per heavy atom. The molecule has 1 saturated heterocycles. The summed E-state index contributed by atoms with van der Waals surface area (Å²) >= 11 is 6.09. The second-order valence-electron chi connectivity index (χ2n) is 6.46. The molecule has 1 heterocycles. The zero-order valence-electron chi connectivity index (χ0n) is 14.9. The van der Waals surface area contributed by atoms with Crippen LogP contribution in [0.25, 0.3) is 0 Å². The maximum Gasteiger partial charge on any atom is 0.246 e. The smallest absolute Gasteiger partial charge is 0.246 e. The molecule has 0 bridgehead atoms. The van der Waals surface area contributed by atoms with Gasteiger partial charge in [-0.05, 0) is 62.2 Å². The number of rotatable bonds is 5. The highest BCUT2D eigenvalue weighted by Gasteiger charge is 2.21. The summed E-state index contributed by atoms with van der Waals surface area (Å²) in [6.07, 6.45) is 1.51. The van der Waals surface area contributed by atoms with Gasteiger partial charge in [0, 0.05) is 35.1 Å². The minimum Gasteiger partial charge on any atom is -0.374 e. The molecular formula is C20H22ClN3O2. The van der Waals surface area contributed by atoms with Gasteiger partial charge in [0.1, 0.15) is 6.04 Å². The molecule has 1 fully saturated rings. The number of halogens is 1. The van der Waals surface area contributed by atoms with Crippen molar-refractivity contribution in [2.75, 3.05) is 22.1 Å². The third-order valence-electron chi connectivity index (χ3n) is 4.55. The summed E-state index contributed by atoms with van der Waals surface area (Å²) in [6.45, 7) is 4.44. The number of hydrogen-bond acceptors (Lipinski definition) is 3. The first-order chi connectivity index (χ1) is 12.5. The predicted molar refractivity (Wildman–Crippen MR) is 106 cm³/mol. The molecule has 0 radical (unpaired) electrons. The predicted octanol–water partition coefficient (Wildman–Crippen LogP) is 4.21. The van der Waals surface area contributed by atoms with Gasteiger partial charge >= 0.3 is 0 Å². The van der Waals surface area contributed by atoms with Crippen molar-refractivity contribution in [3.05, 3.63) is 53.1 Å². The standard InChI is InChI=1S/C20H22ClN3O2/c1-13-17(21)5-3-6-18(13)23-20(26)14(2)22-15-8-10-16(11-9-15)24-12-4-7-19(24)25/h3,5-6,8-11,14,22H,4,7,12H2,1-2H3,(H,23,26). The zero-order chi connectivity index (χ0) is 18.7. The van der Waals surface area contributed by atoms with Gasteiger partial charge in [0.05, 0.1) is 0 Å². The number of carbonyl (C=O) groups is 2. The number of anilines is 3. The van der Waals surface area contributed by atoms with E-state index in [1.54, 1.807) is 24.0 Å². The number of benzene rings is 2. The van der Waals surface area contributed by atoms with Crippen LogP contribution >= 0.6 is 11.6 Å². The largest absolute Gasteiger partial charge is 0.374 e. The maximum absolute atomic E-state index is 12.4. The molecule has 1 unspecified atom stereocenters. The van der Waals surface area contributed by atoms with Crippen molar-refractivity contribution in [3.63, 3.8) is 0 Å². The van der Waals surface area contributed by atoms with Gasteiger partial charge in [0.25, 0.3) is 0 Å². The Labute approximate surface area is 158 Å². The molecule has 2 N–H and O–H groups in total. The summed E-state index contributed by atoms with van der Waals surface area (Å²) in [7, 11) is 0. The third kappa shape index (κ3) is 3.99.